The van der Waals surface area contributed by atoms with Crippen LogP contribution in [0.25, 0.3) is 0 Å². The Bertz CT molecular complexity index is 81.9. The molecule has 0 aliphatic rings. The maximum absolute atomic E-state index is 3.17. The number of nitrogens with zero attached hydrogens (tertiary/aromatic N) is 2. The van der Waals surface area contributed by atoms with Crippen LogP contribution in [0.2, 0.25) is 0 Å². The highest BCUT2D eigenvalue weighted by molar-refractivity contribution is 8.10. The Hall–Kier alpha value is 0.580. The van der Waals surface area contributed by atoms with E-state index in [0.717, 1.165) is 13.1 Å². The van der Waals surface area contributed by atoms with Crippen molar-refractivity contribution >= 4 is 24.3 Å². The standard InChI is InChI=1S/C6H17N3S2/c1-5-8(3)10-7-11-9(4)6-2/h7H,5-6H2,1-4H3. The molecule has 0 fully saturated rings. The van der Waals surface area contributed by atoms with Crippen LogP contribution in [0.3, 0.4) is 0 Å². The van der Waals surface area contributed by atoms with E-state index in [4.69, 9.17) is 0 Å². The zero-order chi connectivity index (χ0) is 8.69. The first-order valence-corrected chi connectivity index (χ1v) is 5.26. The smallest absolute Gasteiger partial charge is 0.0178 e. The average molecular weight is 195 g/mol. The zero-order valence-electron chi connectivity index (χ0n) is 7.63. The second-order valence-electron chi connectivity index (χ2n) is 2.15. The normalized spacial score (nSPS) is 11.5. The lowest BCUT2D eigenvalue weighted by Crippen LogP contribution is -2.17. The van der Waals surface area contributed by atoms with Crippen LogP contribution in [0.15, 0.2) is 0 Å². The lowest BCUT2D eigenvalue weighted by atomic mass is 10.8. The number of hydrogen-bond donors (Lipinski definition) is 1. The Kier molecular flexibility index (Phi) is 7.62. The van der Waals surface area contributed by atoms with Crippen molar-refractivity contribution in [2.45, 2.75) is 13.8 Å². The van der Waals surface area contributed by atoms with Gasteiger partial charge in [-0.2, -0.15) is 4.13 Å². The first-order chi connectivity index (χ1) is 5.20. The minimum Gasteiger partial charge on any atom is -0.240 e. The van der Waals surface area contributed by atoms with Crippen LogP contribution in [-0.2, 0) is 0 Å². The van der Waals surface area contributed by atoms with Crippen LogP contribution in [0, 0.1) is 0 Å². The van der Waals surface area contributed by atoms with E-state index in [9.17, 15) is 0 Å². The molecule has 0 saturated heterocycles. The van der Waals surface area contributed by atoms with Gasteiger partial charge in [0.05, 0.1) is 0 Å². The monoisotopic (exact) mass is 195 g/mol. The van der Waals surface area contributed by atoms with Gasteiger partial charge in [0.15, 0.2) is 0 Å². The summed E-state index contributed by atoms with van der Waals surface area (Å²) in [5.41, 5.74) is 0. The number of rotatable bonds is 6. The fourth-order valence-corrected chi connectivity index (χ4v) is 1.68. The lowest BCUT2D eigenvalue weighted by molar-refractivity contribution is 0.592. The van der Waals surface area contributed by atoms with Gasteiger partial charge in [-0.15, -0.1) is 0 Å². The molecule has 3 nitrogen and oxygen atoms in total. The largest absolute Gasteiger partial charge is 0.240 e. The first-order valence-electron chi connectivity index (χ1n) is 3.71. The highest BCUT2D eigenvalue weighted by Crippen LogP contribution is 2.09. The highest BCUT2D eigenvalue weighted by Gasteiger charge is 1.96. The van der Waals surface area contributed by atoms with Crippen molar-refractivity contribution in [1.29, 1.82) is 0 Å². The molecule has 0 unspecified atom stereocenters. The second-order valence-corrected chi connectivity index (χ2v) is 4.43. The van der Waals surface area contributed by atoms with Crippen LogP contribution < -0.4 is 4.13 Å². The summed E-state index contributed by atoms with van der Waals surface area (Å²) in [7, 11) is 4.12. The molecular weight excluding hydrogens is 178 g/mol. The molecule has 1 N–H and O–H groups in total. The topological polar surface area (TPSA) is 18.5 Å². The third-order valence-electron chi connectivity index (χ3n) is 1.28. The molecule has 0 rings (SSSR count). The molecule has 0 aromatic heterocycles. The van der Waals surface area contributed by atoms with Crippen molar-refractivity contribution < 1.29 is 0 Å². The van der Waals surface area contributed by atoms with E-state index in [2.05, 4.69) is 40.7 Å². The van der Waals surface area contributed by atoms with E-state index in [1.54, 1.807) is 24.3 Å². The Balaban J connectivity index is 3.13. The van der Waals surface area contributed by atoms with Crippen molar-refractivity contribution in [3.05, 3.63) is 0 Å². The first kappa shape index (κ1) is 11.6. The summed E-state index contributed by atoms with van der Waals surface area (Å²) in [6, 6.07) is 0. The summed E-state index contributed by atoms with van der Waals surface area (Å²) < 4.78 is 7.44. The molecule has 0 saturated carbocycles. The predicted molar refractivity (Wildman–Crippen MR) is 54.9 cm³/mol. The SMILES string of the molecule is CCN(C)SNSN(C)CC. The molecule has 0 radical (unpaired) electrons. The van der Waals surface area contributed by atoms with E-state index in [1.807, 2.05) is 0 Å². The molecule has 11 heavy (non-hydrogen) atoms. The third-order valence-corrected chi connectivity index (χ3v) is 3.01. The van der Waals surface area contributed by atoms with Crippen molar-refractivity contribution in [2.75, 3.05) is 27.2 Å². The maximum atomic E-state index is 3.17. The Morgan fingerprint density at radius 1 is 1.00 bits per heavy atom. The van der Waals surface area contributed by atoms with Gasteiger partial charge in [0.25, 0.3) is 0 Å². The van der Waals surface area contributed by atoms with Crippen LogP contribution in [0.5, 0.6) is 0 Å². The Labute approximate surface area is 78.4 Å². The summed E-state index contributed by atoms with van der Waals surface area (Å²) in [6.45, 7) is 6.36. The summed E-state index contributed by atoms with van der Waals surface area (Å²) in [6.07, 6.45) is 0. The summed E-state index contributed by atoms with van der Waals surface area (Å²) in [4.78, 5) is 0. The Morgan fingerprint density at radius 2 is 1.36 bits per heavy atom. The molecule has 0 aromatic carbocycles. The van der Waals surface area contributed by atoms with E-state index < -0.39 is 0 Å². The lowest BCUT2D eigenvalue weighted by Gasteiger charge is -2.16. The molecule has 0 aliphatic heterocycles. The third kappa shape index (κ3) is 6.96. The molecule has 0 aromatic rings. The Morgan fingerprint density at radius 3 is 1.64 bits per heavy atom. The average Bonchev–Trinajstić information content (AvgIpc) is 2.04. The number of hydrogen-bond acceptors (Lipinski definition) is 5. The minimum atomic E-state index is 1.05. The van der Waals surface area contributed by atoms with E-state index >= 15 is 0 Å². The van der Waals surface area contributed by atoms with Gasteiger partial charge in [-0.25, -0.2) is 8.61 Å². The molecule has 0 aliphatic carbocycles. The van der Waals surface area contributed by atoms with Crippen LogP contribution in [0.1, 0.15) is 13.8 Å². The van der Waals surface area contributed by atoms with Gasteiger partial charge < -0.3 is 0 Å². The van der Waals surface area contributed by atoms with Gasteiger partial charge in [0.1, 0.15) is 0 Å². The molecule has 5 heteroatoms. The predicted octanol–water partition coefficient (Wildman–Crippen LogP) is 1.61. The second kappa shape index (κ2) is 7.24. The number of nitrogens with one attached hydrogen (secondary N) is 1. The zero-order valence-corrected chi connectivity index (χ0v) is 9.26. The molecule has 0 atom stereocenters. The van der Waals surface area contributed by atoms with Crippen molar-refractivity contribution in [2.24, 2.45) is 0 Å². The van der Waals surface area contributed by atoms with Crippen molar-refractivity contribution in [1.82, 2.24) is 12.7 Å². The fourth-order valence-electron chi connectivity index (χ4n) is 0.273. The van der Waals surface area contributed by atoms with Gasteiger partial charge in [0.2, 0.25) is 0 Å². The van der Waals surface area contributed by atoms with Crippen LogP contribution in [0.4, 0.5) is 0 Å². The van der Waals surface area contributed by atoms with E-state index in [-0.39, 0.29) is 0 Å². The van der Waals surface area contributed by atoms with Gasteiger partial charge in [-0.05, 0) is 14.1 Å². The van der Waals surface area contributed by atoms with Crippen molar-refractivity contribution in [3.8, 4) is 0 Å². The maximum Gasteiger partial charge on any atom is 0.0178 e. The summed E-state index contributed by atoms with van der Waals surface area (Å²) >= 11 is 3.25. The molecule has 0 bridgehead atoms. The molecule has 0 heterocycles. The fraction of sp³-hybridized carbons (Fsp3) is 1.00. The summed E-state index contributed by atoms with van der Waals surface area (Å²) in [5.74, 6) is 0. The minimum absolute atomic E-state index is 1.05. The van der Waals surface area contributed by atoms with E-state index in [1.165, 1.54) is 0 Å². The van der Waals surface area contributed by atoms with E-state index in [0.29, 0.717) is 0 Å². The van der Waals surface area contributed by atoms with Gasteiger partial charge >= 0.3 is 0 Å². The van der Waals surface area contributed by atoms with Gasteiger partial charge in [0, 0.05) is 37.4 Å². The van der Waals surface area contributed by atoms with Crippen molar-refractivity contribution in [3.63, 3.8) is 0 Å². The summed E-state index contributed by atoms with van der Waals surface area (Å²) in [5, 5.41) is 0. The molecular formula is C6H17N3S2. The van der Waals surface area contributed by atoms with Crippen LogP contribution in [-0.4, -0.2) is 35.8 Å². The molecule has 0 spiro atoms. The van der Waals surface area contributed by atoms with Gasteiger partial charge in [-0.1, -0.05) is 13.8 Å². The molecule has 0 amide bonds. The quantitative estimate of drug-likeness (QED) is 0.647. The highest BCUT2D eigenvalue weighted by atomic mass is 32.2. The van der Waals surface area contributed by atoms with Crippen LogP contribution >= 0.6 is 24.3 Å². The van der Waals surface area contributed by atoms with Gasteiger partial charge in [-0.3, -0.25) is 0 Å². The molecule has 68 valence electrons.